The van der Waals surface area contributed by atoms with Gasteiger partial charge in [-0.3, -0.25) is 0 Å². The van der Waals surface area contributed by atoms with E-state index < -0.39 is 0 Å². The van der Waals surface area contributed by atoms with Crippen LogP contribution in [0.15, 0.2) is 36.7 Å². The Morgan fingerprint density at radius 2 is 2.20 bits per heavy atom. The number of hydrogen-bond acceptors (Lipinski definition) is 1. The molecule has 0 saturated heterocycles. The van der Waals surface area contributed by atoms with Crippen molar-refractivity contribution in [3.05, 3.63) is 48.4 Å². The Bertz CT molecular complexity index is 613. The zero-order valence-electron chi connectivity index (χ0n) is 8.19. The van der Waals surface area contributed by atoms with E-state index in [1.807, 2.05) is 18.3 Å². The minimum atomic E-state index is 0. The van der Waals surface area contributed by atoms with E-state index in [0.29, 0.717) is 0 Å². The van der Waals surface area contributed by atoms with Gasteiger partial charge >= 0.3 is 0 Å². The first-order valence-corrected chi connectivity index (χ1v) is 4.59. The summed E-state index contributed by atoms with van der Waals surface area (Å²) in [5.74, 6) is 0. The summed E-state index contributed by atoms with van der Waals surface area (Å²) in [6.07, 6.45) is 3.88. The molecule has 3 heterocycles. The van der Waals surface area contributed by atoms with E-state index >= 15 is 0 Å². The molecule has 0 fully saturated rings. The second kappa shape index (κ2) is 3.76. The van der Waals surface area contributed by atoms with Crippen molar-refractivity contribution in [1.29, 1.82) is 0 Å². The Labute approximate surface area is 101 Å². The van der Waals surface area contributed by atoms with E-state index in [9.17, 15) is 0 Å². The number of aromatic nitrogens is 2. The van der Waals surface area contributed by atoms with Gasteiger partial charge in [0.2, 0.25) is 0 Å². The van der Waals surface area contributed by atoms with Crippen LogP contribution in [0, 0.1) is 13.0 Å². The average Bonchev–Trinajstić information content (AvgIpc) is 2.61. The molecule has 3 aromatic heterocycles. The van der Waals surface area contributed by atoms with Crippen molar-refractivity contribution >= 4 is 16.4 Å². The number of aryl methyl sites for hydroxylation is 1. The summed E-state index contributed by atoms with van der Waals surface area (Å²) in [6.45, 7) is 2.07. The summed E-state index contributed by atoms with van der Waals surface area (Å²) in [7, 11) is 0. The molecular formula is C12H9IrN2-. The Kier molecular flexibility index (Phi) is 2.59. The summed E-state index contributed by atoms with van der Waals surface area (Å²) in [5.41, 5.74) is 3.26. The molecule has 0 spiro atoms. The van der Waals surface area contributed by atoms with Gasteiger partial charge in [0, 0.05) is 26.3 Å². The number of pyridine rings is 2. The molecule has 0 saturated carbocycles. The van der Waals surface area contributed by atoms with Gasteiger partial charge < -0.3 is 9.38 Å². The third kappa shape index (κ3) is 1.48. The van der Waals surface area contributed by atoms with Gasteiger partial charge in [0.25, 0.3) is 0 Å². The van der Waals surface area contributed by atoms with Gasteiger partial charge in [0.1, 0.15) is 0 Å². The van der Waals surface area contributed by atoms with E-state index in [0.717, 1.165) is 16.4 Å². The maximum absolute atomic E-state index is 4.37. The zero-order chi connectivity index (χ0) is 9.54. The molecule has 0 unspecified atom stereocenters. The smallest absolute Gasteiger partial charge is 0.0125 e. The average molecular weight is 373 g/mol. The quantitative estimate of drug-likeness (QED) is 0.554. The standard InChI is InChI=1S/C12H9N2.Ir/c1-9-4-5-11-12-10(3-2-7-13-12)6-8-14(9)11;/h2-4,6-8H,1H3;/q-1;. The van der Waals surface area contributed by atoms with Gasteiger partial charge in [-0.15, -0.1) is 0 Å². The van der Waals surface area contributed by atoms with Gasteiger partial charge in [-0.1, -0.05) is 29.6 Å². The Morgan fingerprint density at radius 3 is 3.07 bits per heavy atom. The minimum Gasteiger partial charge on any atom is -0.395 e. The zero-order valence-corrected chi connectivity index (χ0v) is 10.6. The van der Waals surface area contributed by atoms with Crippen LogP contribution < -0.4 is 0 Å². The summed E-state index contributed by atoms with van der Waals surface area (Å²) >= 11 is 0. The van der Waals surface area contributed by atoms with Crippen LogP contribution in [0.4, 0.5) is 0 Å². The third-order valence-electron chi connectivity index (χ3n) is 2.51. The van der Waals surface area contributed by atoms with Crippen LogP contribution in [0.1, 0.15) is 5.69 Å². The fourth-order valence-electron chi connectivity index (χ4n) is 1.77. The second-order valence-electron chi connectivity index (χ2n) is 3.41. The summed E-state index contributed by atoms with van der Waals surface area (Å²) in [5, 5.41) is 1.16. The second-order valence-corrected chi connectivity index (χ2v) is 3.41. The van der Waals surface area contributed by atoms with Crippen LogP contribution in [0.3, 0.4) is 0 Å². The van der Waals surface area contributed by atoms with Gasteiger partial charge in [0.05, 0.1) is 0 Å². The first-order valence-electron chi connectivity index (χ1n) is 4.59. The van der Waals surface area contributed by atoms with Gasteiger partial charge in [0.15, 0.2) is 0 Å². The molecule has 0 amide bonds. The van der Waals surface area contributed by atoms with Crippen molar-refractivity contribution in [2.45, 2.75) is 6.92 Å². The summed E-state index contributed by atoms with van der Waals surface area (Å²) < 4.78 is 2.11. The maximum atomic E-state index is 4.37. The van der Waals surface area contributed by atoms with Gasteiger partial charge in [-0.05, 0) is 23.8 Å². The summed E-state index contributed by atoms with van der Waals surface area (Å²) in [6, 6.07) is 11.3. The Morgan fingerprint density at radius 1 is 1.33 bits per heavy atom. The predicted octanol–water partition coefficient (Wildman–Crippen LogP) is 2.59. The van der Waals surface area contributed by atoms with E-state index in [4.69, 9.17) is 0 Å². The minimum absolute atomic E-state index is 0. The maximum Gasteiger partial charge on any atom is 0.0125 e. The van der Waals surface area contributed by atoms with Crippen molar-refractivity contribution in [2.75, 3.05) is 0 Å². The monoisotopic (exact) mass is 374 g/mol. The molecule has 15 heavy (non-hydrogen) atoms. The van der Waals surface area contributed by atoms with Crippen LogP contribution in [-0.4, -0.2) is 9.38 Å². The molecule has 3 heteroatoms. The molecule has 77 valence electrons. The molecule has 3 aromatic rings. The SMILES string of the molecule is Cc1c[c-]c2c3ncccc3ccn12.[Ir]. The molecule has 0 aromatic carbocycles. The van der Waals surface area contributed by atoms with Crippen molar-refractivity contribution < 1.29 is 20.1 Å². The normalized spacial score (nSPS) is 10.5. The van der Waals surface area contributed by atoms with Crippen molar-refractivity contribution in [3.8, 4) is 0 Å². The molecule has 0 atom stereocenters. The van der Waals surface area contributed by atoms with E-state index in [1.54, 1.807) is 0 Å². The molecule has 0 aliphatic heterocycles. The number of rotatable bonds is 0. The summed E-state index contributed by atoms with van der Waals surface area (Å²) in [4.78, 5) is 4.37. The fraction of sp³-hybridized carbons (Fsp3) is 0.0833. The molecule has 0 aliphatic carbocycles. The third-order valence-corrected chi connectivity index (χ3v) is 2.51. The molecule has 0 aliphatic rings. The Balaban J connectivity index is 0.000000853. The molecule has 0 bridgehead atoms. The van der Waals surface area contributed by atoms with Gasteiger partial charge in [-0.25, -0.2) is 0 Å². The van der Waals surface area contributed by atoms with Crippen LogP contribution in [0.5, 0.6) is 0 Å². The predicted molar refractivity (Wildman–Crippen MR) is 56.3 cm³/mol. The van der Waals surface area contributed by atoms with Crippen molar-refractivity contribution in [1.82, 2.24) is 9.38 Å². The number of hydrogen-bond donors (Lipinski definition) is 0. The number of nitrogens with zero attached hydrogens (tertiary/aromatic N) is 2. The first kappa shape index (κ1) is 10.3. The van der Waals surface area contributed by atoms with Crippen LogP contribution >= 0.6 is 0 Å². The van der Waals surface area contributed by atoms with E-state index in [-0.39, 0.29) is 20.1 Å². The van der Waals surface area contributed by atoms with E-state index in [2.05, 4.69) is 40.7 Å². The van der Waals surface area contributed by atoms with Crippen molar-refractivity contribution in [2.24, 2.45) is 0 Å². The van der Waals surface area contributed by atoms with Crippen LogP contribution in [0.25, 0.3) is 16.4 Å². The molecule has 3 rings (SSSR count). The first-order chi connectivity index (χ1) is 6.86. The largest absolute Gasteiger partial charge is 0.395 e. The molecule has 2 nitrogen and oxygen atoms in total. The van der Waals surface area contributed by atoms with Gasteiger partial charge in [-0.2, -0.15) is 12.1 Å². The number of fused-ring (bicyclic) bond motifs is 3. The molecule has 1 radical (unpaired) electrons. The van der Waals surface area contributed by atoms with Crippen LogP contribution in [-0.2, 0) is 20.1 Å². The molecule has 0 N–H and O–H groups in total. The molecular weight excluding hydrogens is 364 g/mol. The Hall–Kier alpha value is -1.18. The topological polar surface area (TPSA) is 17.3 Å². The van der Waals surface area contributed by atoms with E-state index in [1.165, 1.54) is 5.69 Å². The van der Waals surface area contributed by atoms with Crippen molar-refractivity contribution in [3.63, 3.8) is 0 Å². The fourth-order valence-corrected chi connectivity index (χ4v) is 1.77. The van der Waals surface area contributed by atoms with Crippen LogP contribution in [0.2, 0.25) is 0 Å².